The van der Waals surface area contributed by atoms with Gasteiger partial charge in [0.2, 0.25) is 0 Å². The summed E-state index contributed by atoms with van der Waals surface area (Å²) in [5, 5.41) is 7.76. The Labute approximate surface area is 120 Å². The second kappa shape index (κ2) is 6.09. The van der Waals surface area contributed by atoms with Crippen molar-refractivity contribution in [1.82, 2.24) is 14.7 Å². The van der Waals surface area contributed by atoms with Gasteiger partial charge in [-0.05, 0) is 18.4 Å². The standard InChI is InChI=1S/C16H22N4/c1-19-12-16(11-17-19)18-15-8-10-20(13-15)9-7-14-5-3-2-4-6-14/h2-6,11-12,15,18H,7-10,13H2,1H3. The number of hydrogen-bond donors (Lipinski definition) is 1. The summed E-state index contributed by atoms with van der Waals surface area (Å²) >= 11 is 0. The van der Waals surface area contributed by atoms with Crippen LogP contribution >= 0.6 is 0 Å². The molecule has 0 saturated carbocycles. The highest BCUT2D eigenvalue weighted by Crippen LogP contribution is 2.15. The monoisotopic (exact) mass is 270 g/mol. The molecule has 1 atom stereocenters. The summed E-state index contributed by atoms with van der Waals surface area (Å²) < 4.78 is 1.84. The van der Waals surface area contributed by atoms with Crippen molar-refractivity contribution in [3.63, 3.8) is 0 Å². The number of likely N-dealkylation sites (tertiary alicyclic amines) is 1. The molecule has 0 aliphatic carbocycles. The number of anilines is 1. The smallest absolute Gasteiger partial charge is 0.0728 e. The maximum atomic E-state index is 4.19. The first kappa shape index (κ1) is 13.2. The zero-order valence-electron chi connectivity index (χ0n) is 12.0. The molecule has 1 unspecified atom stereocenters. The molecule has 20 heavy (non-hydrogen) atoms. The van der Waals surface area contributed by atoms with E-state index < -0.39 is 0 Å². The highest BCUT2D eigenvalue weighted by atomic mass is 15.3. The van der Waals surface area contributed by atoms with Crippen LogP contribution in [0.2, 0.25) is 0 Å². The third-order valence-corrected chi connectivity index (χ3v) is 3.91. The van der Waals surface area contributed by atoms with E-state index in [2.05, 4.69) is 45.6 Å². The SMILES string of the molecule is Cn1cc(NC2CCN(CCc3ccccc3)C2)cn1. The molecule has 1 aromatic carbocycles. The van der Waals surface area contributed by atoms with Crippen molar-refractivity contribution in [2.75, 3.05) is 25.0 Å². The van der Waals surface area contributed by atoms with Crippen LogP contribution in [0.3, 0.4) is 0 Å². The molecule has 0 radical (unpaired) electrons. The van der Waals surface area contributed by atoms with Crippen molar-refractivity contribution in [3.05, 3.63) is 48.3 Å². The number of rotatable bonds is 5. The molecule has 0 amide bonds. The Morgan fingerprint density at radius 1 is 1.30 bits per heavy atom. The van der Waals surface area contributed by atoms with E-state index in [9.17, 15) is 0 Å². The molecule has 1 aliphatic heterocycles. The fourth-order valence-electron chi connectivity index (χ4n) is 2.82. The van der Waals surface area contributed by atoms with Crippen LogP contribution in [0.1, 0.15) is 12.0 Å². The fraction of sp³-hybridized carbons (Fsp3) is 0.438. The Kier molecular flexibility index (Phi) is 4.02. The maximum absolute atomic E-state index is 4.19. The Morgan fingerprint density at radius 3 is 2.90 bits per heavy atom. The molecule has 2 aromatic rings. The van der Waals surface area contributed by atoms with E-state index in [-0.39, 0.29) is 0 Å². The van der Waals surface area contributed by atoms with Crippen LogP contribution in [0.25, 0.3) is 0 Å². The number of aromatic nitrogens is 2. The lowest BCUT2D eigenvalue weighted by Crippen LogP contribution is -2.27. The van der Waals surface area contributed by atoms with Crippen molar-refractivity contribution in [2.45, 2.75) is 18.9 Å². The van der Waals surface area contributed by atoms with E-state index in [0.29, 0.717) is 6.04 Å². The van der Waals surface area contributed by atoms with Crippen molar-refractivity contribution < 1.29 is 0 Å². The van der Waals surface area contributed by atoms with Gasteiger partial charge in [-0.1, -0.05) is 30.3 Å². The van der Waals surface area contributed by atoms with E-state index in [4.69, 9.17) is 0 Å². The zero-order chi connectivity index (χ0) is 13.8. The summed E-state index contributed by atoms with van der Waals surface area (Å²) in [5.74, 6) is 0. The maximum Gasteiger partial charge on any atom is 0.0728 e. The predicted molar refractivity (Wildman–Crippen MR) is 81.8 cm³/mol. The number of aryl methyl sites for hydroxylation is 1. The van der Waals surface area contributed by atoms with Crippen LogP contribution in [0.4, 0.5) is 5.69 Å². The van der Waals surface area contributed by atoms with Gasteiger partial charge in [0.15, 0.2) is 0 Å². The molecule has 1 aliphatic rings. The van der Waals surface area contributed by atoms with Gasteiger partial charge in [0, 0.05) is 38.9 Å². The summed E-state index contributed by atoms with van der Waals surface area (Å²) in [6, 6.07) is 11.3. The van der Waals surface area contributed by atoms with Crippen LogP contribution in [0.5, 0.6) is 0 Å². The number of benzene rings is 1. The van der Waals surface area contributed by atoms with Gasteiger partial charge in [0.05, 0.1) is 11.9 Å². The summed E-state index contributed by atoms with van der Waals surface area (Å²) in [4.78, 5) is 2.54. The average Bonchev–Trinajstić information content (AvgIpc) is 3.08. The minimum Gasteiger partial charge on any atom is -0.378 e. The molecule has 3 rings (SSSR count). The Morgan fingerprint density at radius 2 is 2.15 bits per heavy atom. The summed E-state index contributed by atoms with van der Waals surface area (Å²) in [6.07, 6.45) is 6.28. The quantitative estimate of drug-likeness (QED) is 0.903. The molecular formula is C16H22N4. The van der Waals surface area contributed by atoms with Gasteiger partial charge in [-0.2, -0.15) is 5.10 Å². The van der Waals surface area contributed by atoms with Crippen molar-refractivity contribution >= 4 is 5.69 Å². The lowest BCUT2D eigenvalue weighted by molar-refractivity contribution is 0.341. The third kappa shape index (κ3) is 3.39. The predicted octanol–water partition coefficient (Wildman–Crippen LogP) is 2.15. The van der Waals surface area contributed by atoms with E-state index in [0.717, 1.165) is 25.2 Å². The molecule has 2 heterocycles. The number of nitrogens with one attached hydrogen (secondary N) is 1. The van der Waals surface area contributed by atoms with Crippen molar-refractivity contribution in [1.29, 1.82) is 0 Å². The second-order valence-electron chi connectivity index (χ2n) is 5.57. The lowest BCUT2D eigenvalue weighted by Gasteiger charge is -2.16. The lowest BCUT2D eigenvalue weighted by atomic mass is 10.1. The second-order valence-corrected chi connectivity index (χ2v) is 5.57. The summed E-state index contributed by atoms with van der Waals surface area (Å²) in [5.41, 5.74) is 2.55. The van der Waals surface area contributed by atoms with E-state index in [1.165, 1.54) is 18.5 Å². The van der Waals surface area contributed by atoms with Crippen LogP contribution < -0.4 is 5.32 Å². The molecule has 1 fully saturated rings. The van der Waals surface area contributed by atoms with Gasteiger partial charge >= 0.3 is 0 Å². The summed E-state index contributed by atoms with van der Waals surface area (Å²) in [6.45, 7) is 3.46. The van der Waals surface area contributed by atoms with Gasteiger partial charge < -0.3 is 10.2 Å². The molecule has 4 nitrogen and oxygen atoms in total. The Balaban J connectivity index is 1.45. The molecular weight excluding hydrogens is 248 g/mol. The fourth-order valence-corrected chi connectivity index (χ4v) is 2.82. The van der Waals surface area contributed by atoms with Crippen LogP contribution in [-0.2, 0) is 13.5 Å². The average molecular weight is 270 g/mol. The number of hydrogen-bond acceptors (Lipinski definition) is 3. The molecule has 1 aromatic heterocycles. The van der Waals surface area contributed by atoms with Gasteiger partial charge in [0.1, 0.15) is 0 Å². The molecule has 106 valence electrons. The van der Waals surface area contributed by atoms with Crippen molar-refractivity contribution in [3.8, 4) is 0 Å². The van der Waals surface area contributed by atoms with Crippen LogP contribution in [0, 0.1) is 0 Å². The normalized spacial score (nSPS) is 19.4. The first-order chi connectivity index (χ1) is 9.79. The van der Waals surface area contributed by atoms with Gasteiger partial charge in [-0.15, -0.1) is 0 Å². The molecule has 1 saturated heterocycles. The molecule has 0 bridgehead atoms. The minimum atomic E-state index is 0.551. The highest BCUT2D eigenvalue weighted by Gasteiger charge is 2.22. The summed E-state index contributed by atoms with van der Waals surface area (Å²) in [7, 11) is 1.95. The minimum absolute atomic E-state index is 0.551. The van der Waals surface area contributed by atoms with Gasteiger partial charge in [-0.3, -0.25) is 4.68 Å². The van der Waals surface area contributed by atoms with E-state index >= 15 is 0 Å². The van der Waals surface area contributed by atoms with E-state index in [1.54, 1.807) is 0 Å². The van der Waals surface area contributed by atoms with Crippen LogP contribution in [-0.4, -0.2) is 40.4 Å². The first-order valence-electron chi connectivity index (χ1n) is 7.31. The first-order valence-corrected chi connectivity index (χ1v) is 7.31. The zero-order valence-corrected chi connectivity index (χ0v) is 12.0. The molecule has 4 heteroatoms. The van der Waals surface area contributed by atoms with Crippen molar-refractivity contribution in [2.24, 2.45) is 7.05 Å². The number of nitrogens with zero attached hydrogens (tertiary/aromatic N) is 3. The van der Waals surface area contributed by atoms with Crippen LogP contribution in [0.15, 0.2) is 42.7 Å². The largest absolute Gasteiger partial charge is 0.378 e. The molecule has 0 spiro atoms. The topological polar surface area (TPSA) is 33.1 Å². The van der Waals surface area contributed by atoms with Gasteiger partial charge in [-0.25, -0.2) is 0 Å². The Bertz CT molecular complexity index is 534. The highest BCUT2D eigenvalue weighted by molar-refractivity contribution is 5.39. The van der Waals surface area contributed by atoms with Gasteiger partial charge in [0.25, 0.3) is 0 Å². The Hall–Kier alpha value is -1.81. The third-order valence-electron chi connectivity index (χ3n) is 3.91. The van der Waals surface area contributed by atoms with E-state index in [1.807, 2.05) is 24.1 Å². The molecule has 1 N–H and O–H groups in total.